The van der Waals surface area contributed by atoms with Crippen LogP contribution in [-0.4, -0.2) is 26.3 Å². The first kappa shape index (κ1) is 14.9. The molecule has 0 aromatic carbocycles. The van der Waals surface area contributed by atoms with Gasteiger partial charge in [-0.25, -0.2) is 0 Å². The normalized spacial score (nSPS) is 13.8. The highest BCUT2D eigenvalue weighted by atomic mass is 16.5. The summed E-state index contributed by atoms with van der Waals surface area (Å²) in [6.45, 7) is 11.1. The van der Waals surface area contributed by atoms with Crippen molar-refractivity contribution in [3.8, 4) is 0 Å². The summed E-state index contributed by atoms with van der Waals surface area (Å²) in [5, 5.41) is 3.54. The number of unbranched alkanes of at least 4 members (excludes halogenated alkanes) is 1. The van der Waals surface area contributed by atoms with Crippen LogP contribution in [0, 0.1) is 11.8 Å². The van der Waals surface area contributed by atoms with Gasteiger partial charge in [-0.1, -0.05) is 34.1 Å². The molecule has 0 saturated heterocycles. The van der Waals surface area contributed by atoms with Crippen LogP contribution >= 0.6 is 0 Å². The van der Waals surface area contributed by atoms with Crippen LogP contribution in [0.3, 0.4) is 0 Å². The van der Waals surface area contributed by atoms with Crippen molar-refractivity contribution in [2.75, 3.05) is 20.3 Å². The van der Waals surface area contributed by atoms with E-state index in [1.54, 1.807) is 7.11 Å². The molecule has 1 unspecified atom stereocenters. The fraction of sp³-hybridized carbons (Fsp3) is 1.00. The average Bonchev–Trinajstić information content (AvgIpc) is 2.15. The van der Waals surface area contributed by atoms with E-state index < -0.39 is 0 Å². The van der Waals surface area contributed by atoms with E-state index in [9.17, 15) is 0 Å². The molecule has 15 heavy (non-hydrogen) atoms. The van der Waals surface area contributed by atoms with Crippen LogP contribution < -0.4 is 5.32 Å². The summed E-state index contributed by atoms with van der Waals surface area (Å²) in [6.07, 6.45) is 3.80. The van der Waals surface area contributed by atoms with Crippen LogP contribution in [0.1, 0.15) is 47.0 Å². The molecule has 1 atom stereocenters. The van der Waals surface area contributed by atoms with Gasteiger partial charge < -0.3 is 10.1 Å². The topological polar surface area (TPSA) is 21.3 Å². The minimum absolute atomic E-state index is 0.602. The van der Waals surface area contributed by atoms with Crippen molar-refractivity contribution in [3.63, 3.8) is 0 Å². The van der Waals surface area contributed by atoms with Gasteiger partial charge in [-0.3, -0.25) is 0 Å². The number of rotatable bonds is 9. The minimum atomic E-state index is 0.602. The predicted octanol–water partition coefficient (Wildman–Crippen LogP) is 3.07. The molecule has 0 amide bonds. The van der Waals surface area contributed by atoms with Crippen LogP contribution in [0.5, 0.6) is 0 Å². The van der Waals surface area contributed by atoms with Gasteiger partial charge in [0, 0.05) is 19.8 Å². The van der Waals surface area contributed by atoms with Crippen LogP contribution in [-0.2, 0) is 4.74 Å². The Morgan fingerprint density at radius 3 is 2.20 bits per heavy atom. The van der Waals surface area contributed by atoms with Crippen molar-refractivity contribution in [2.45, 2.75) is 53.0 Å². The summed E-state index contributed by atoms with van der Waals surface area (Å²) in [5.74, 6) is 1.59. The zero-order valence-corrected chi connectivity index (χ0v) is 11.2. The molecule has 0 aliphatic heterocycles. The van der Waals surface area contributed by atoms with E-state index in [2.05, 4.69) is 33.0 Å². The molecule has 0 saturated carbocycles. The molecule has 0 bridgehead atoms. The number of ether oxygens (including phenoxy) is 1. The lowest BCUT2D eigenvalue weighted by Gasteiger charge is -2.22. The highest BCUT2D eigenvalue weighted by Crippen LogP contribution is 2.17. The van der Waals surface area contributed by atoms with Gasteiger partial charge in [0.15, 0.2) is 0 Å². The van der Waals surface area contributed by atoms with Crippen molar-refractivity contribution in [2.24, 2.45) is 11.8 Å². The summed E-state index contributed by atoms with van der Waals surface area (Å²) in [6, 6.07) is 0.602. The third-order valence-corrected chi connectivity index (χ3v) is 2.90. The summed E-state index contributed by atoms with van der Waals surface area (Å²) < 4.78 is 5.07. The second-order valence-electron chi connectivity index (χ2n) is 5.06. The zero-order chi connectivity index (χ0) is 11.7. The highest BCUT2D eigenvalue weighted by molar-refractivity contribution is 4.67. The summed E-state index contributed by atoms with van der Waals surface area (Å²) >= 11 is 0. The molecular weight excluding hydrogens is 186 g/mol. The van der Waals surface area contributed by atoms with Crippen molar-refractivity contribution in [3.05, 3.63) is 0 Å². The zero-order valence-electron chi connectivity index (χ0n) is 11.2. The Bertz CT molecular complexity index is 134. The van der Waals surface area contributed by atoms with Gasteiger partial charge in [-0.2, -0.15) is 0 Å². The second kappa shape index (κ2) is 9.17. The quantitative estimate of drug-likeness (QED) is 0.597. The second-order valence-corrected chi connectivity index (χ2v) is 5.06. The first-order chi connectivity index (χ1) is 7.07. The first-order valence-electron chi connectivity index (χ1n) is 6.30. The number of hydrogen-bond acceptors (Lipinski definition) is 2. The molecule has 2 heteroatoms. The Labute approximate surface area is 95.8 Å². The van der Waals surface area contributed by atoms with E-state index in [0.29, 0.717) is 6.04 Å². The molecule has 0 rings (SSSR count). The van der Waals surface area contributed by atoms with Crippen molar-refractivity contribution in [1.29, 1.82) is 0 Å². The maximum atomic E-state index is 5.07. The average molecular weight is 215 g/mol. The van der Waals surface area contributed by atoms with Crippen LogP contribution in [0.2, 0.25) is 0 Å². The Hall–Kier alpha value is -0.0800. The molecule has 0 aromatic rings. The van der Waals surface area contributed by atoms with E-state index >= 15 is 0 Å². The van der Waals surface area contributed by atoms with E-state index in [4.69, 9.17) is 4.74 Å². The molecule has 0 spiro atoms. The Balaban J connectivity index is 3.64. The maximum Gasteiger partial charge on any atom is 0.0462 e. The van der Waals surface area contributed by atoms with Gasteiger partial charge >= 0.3 is 0 Å². The Morgan fingerprint density at radius 1 is 1.07 bits per heavy atom. The van der Waals surface area contributed by atoms with Gasteiger partial charge in [0.2, 0.25) is 0 Å². The standard InChI is InChI=1S/C13H29NO/c1-11(2)13(10-14-12(3)4)8-6-7-9-15-5/h11-14H,6-10H2,1-5H3. The lowest BCUT2D eigenvalue weighted by molar-refractivity contribution is 0.187. The Morgan fingerprint density at radius 2 is 1.73 bits per heavy atom. The van der Waals surface area contributed by atoms with Crippen LogP contribution in [0.25, 0.3) is 0 Å². The monoisotopic (exact) mass is 215 g/mol. The molecule has 0 aliphatic carbocycles. The van der Waals surface area contributed by atoms with Gasteiger partial charge in [0.25, 0.3) is 0 Å². The molecule has 0 fully saturated rings. The molecule has 0 radical (unpaired) electrons. The number of hydrogen-bond donors (Lipinski definition) is 1. The third-order valence-electron chi connectivity index (χ3n) is 2.90. The fourth-order valence-electron chi connectivity index (χ4n) is 1.71. The van der Waals surface area contributed by atoms with Crippen LogP contribution in [0.15, 0.2) is 0 Å². The molecule has 92 valence electrons. The van der Waals surface area contributed by atoms with E-state index in [1.165, 1.54) is 19.3 Å². The summed E-state index contributed by atoms with van der Waals surface area (Å²) in [5.41, 5.74) is 0. The van der Waals surface area contributed by atoms with Gasteiger partial charge in [0.05, 0.1) is 0 Å². The lowest BCUT2D eigenvalue weighted by atomic mass is 9.90. The first-order valence-corrected chi connectivity index (χ1v) is 6.30. The third kappa shape index (κ3) is 8.88. The maximum absolute atomic E-state index is 5.07. The lowest BCUT2D eigenvalue weighted by Crippen LogP contribution is -2.31. The van der Waals surface area contributed by atoms with Crippen molar-refractivity contribution in [1.82, 2.24) is 5.32 Å². The fourth-order valence-corrected chi connectivity index (χ4v) is 1.71. The molecule has 0 aromatic heterocycles. The van der Waals surface area contributed by atoms with E-state index in [0.717, 1.165) is 25.0 Å². The molecule has 0 heterocycles. The van der Waals surface area contributed by atoms with Crippen LogP contribution in [0.4, 0.5) is 0 Å². The molecular formula is C13H29NO. The summed E-state index contributed by atoms with van der Waals surface area (Å²) in [7, 11) is 1.78. The van der Waals surface area contributed by atoms with Crippen molar-refractivity contribution >= 4 is 0 Å². The molecule has 2 nitrogen and oxygen atoms in total. The van der Waals surface area contributed by atoms with E-state index in [-0.39, 0.29) is 0 Å². The SMILES string of the molecule is COCCCCC(CNC(C)C)C(C)C. The summed E-state index contributed by atoms with van der Waals surface area (Å²) in [4.78, 5) is 0. The van der Waals surface area contributed by atoms with Gasteiger partial charge in [-0.05, 0) is 31.2 Å². The smallest absolute Gasteiger partial charge is 0.0462 e. The number of methoxy groups -OCH3 is 1. The highest BCUT2D eigenvalue weighted by Gasteiger charge is 2.12. The molecule has 0 aliphatic rings. The minimum Gasteiger partial charge on any atom is -0.385 e. The van der Waals surface area contributed by atoms with Gasteiger partial charge in [-0.15, -0.1) is 0 Å². The van der Waals surface area contributed by atoms with Gasteiger partial charge in [0.1, 0.15) is 0 Å². The van der Waals surface area contributed by atoms with E-state index in [1.807, 2.05) is 0 Å². The number of nitrogens with one attached hydrogen (secondary N) is 1. The Kier molecular flexibility index (Phi) is 9.12. The largest absolute Gasteiger partial charge is 0.385 e. The molecule has 1 N–H and O–H groups in total. The van der Waals surface area contributed by atoms with Crippen molar-refractivity contribution < 1.29 is 4.74 Å². The predicted molar refractivity (Wildman–Crippen MR) is 67.2 cm³/mol.